The minimum Gasteiger partial charge on any atom is -0.493 e. The number of Topliss-reactive ketones (excluding diaryl/α,β-unsaturated/α-hetero) is 1. The van der Waals surface area contributed by atoms with Crippen molar-refractivity contribution in [1.82, 2.24) is 0 Å². The Morgan fingerprint density at radius 3 is 2.63 bits per heavy atom. The van der Waals surface area contributed by atoms with Crippen LogP contribution in [0.25, 0.3) is 0 Å². The normalized spacial score (nSPS) is 12.2. The van der Waals surface area contributed by atoms with Gasteiger partial charge in [-0.15, -0.1) is 0 Å². The molecule has 1 aromatic carbocycles. The van der Waals surface area contributed by atoms with Crippen molar-refractivity contribution in [3.05, 3.63) is 29.3 Å². The molecule has 0 amide bonds. The van der Waals surface area contributed by atoms with Crippen LogP contribution in [0.4, 0.5) is 0 Å². The van der Waals surface area contributed by atoms with Crippen molar-refractivity contribution in [2.24, 2.45) is 5.92 Å². The highest BCUT2D eigenvalue weighted by molar-refractivity contribution is 5.96. The Morgan fingerprint density at radius 1 is 1.32 bits per heavy atom. The number of rotatable bonds is 8. The summed E-state index contributed by atoms with van der Waals surface area (Å²) in [5.41, 5.74) is 1.82. The Bertz CT molecular complexity index is 410. The van der Waals surface area contributed by atoms with E-state index in [-0.39, 0.29) is 5.78 Å². The first-order valence-electron chi connectivity index (χ1n) is 7.32. The zero-order valence-corrected chi connectivity index (χ0v) is 12.7. The minimum absolute atomic E-state index is 0.0663. The third kappa shape index (κ3) is 5.06. The van der Waals surface area contributed by atoms with Crippen molar-refractivity contribution >= 4 is 5.78 Å². The quantitative estimate of drug-likeness (QED) is 0.629. The Morgan fingerprint density at radius 2 is 2.05 bits per heavy atom. The first kappa shape index (κ1) is 15.7. The summed E-state index contributed by atoms with van der Waals surface area (Å²) in [5, 5.41) is 0. The van der Waals surface area contributed by atoms with E-state index in [9.17, 15) is 4.79 Å². The molecular formula is C17H26O2. The molecular weight excluding hydrogens is 236 g/mol. The molecule has 0 fully saturated rings. The van der Waals surface area contributed by atoms with Crippen LogP contribution >= 0.6 is 0 Å². The second kappa shape index (κ2) is 7.98. The van der Waals surface area contributed by atoms with Crippen LogP contribution in [0.2, 0.25) is 0 Å². The van der Waals surface area contributed by atoms with E-state index >= 15 is 0 Å². The average molecular weight is 262 g/mol. The molecule has 19 heavy (non-hydrogen) atoms. The van der Waals surface area contributed by atoms with Crippen molar-refractivity contribution in [1.29, 1.82) is 0 Å². The summed E-state index contributed by atoms with van der Waals surface area (Å²) in [6, 6.07) is 5.78. The van der Waals surface area contributed by atoms with Crippen molar-refractivity contribution in [3.8, 4) is 5.75 Å². The molecule has 0 aliphatic carbocycles. The largest absolute Gasteiger partial charge is 0.493 e. The molecule has 0 radical (unpaired) electrons. The number of benzene rings is 1. The van der Waals surface area contributed by atoms with Crippen LogP contribution in [0.3, 0.4) is 0 Å². The minimum atomic E-state index is 0.0663. The van der Waals surface area contributed by atoms with Crippen LogP contribution in [-0.2, 0) is 0 Å². The van der Waals surface area contributed by atoms with Gasteiger partial charge in [0.2, 0.25) is 0 Å². The first-order chi connectivity index (χ1) is 9.08. The molecule has 0 spiro atoms. The Kier molecular flexibility index (Phi) is 6.61. The highest BCUT2D eigenvalue weighted by Crippen LogP contribution is 2.23. The first-order valence-corrected chi connectivity index (χ1v) is 7.32. The molecule has 0 aromatic heterocycles. The third-order valence-corrected chi connectivity index (χ3v) is 3.53. The van der Waals surface area contributed by atoms with Crippen LogP contribution < -0.4 is 4.74 Å². The maximum atomic E-state index is 11.6. The fraction of sp³-hybridized carbons (Fsp3) is 0.588. The molecule has 106 valence electrons. The van der Waals surface area contributed by atoms with Gasteiger partial charge in [0.25, 0.3) is 0 Å². The predicted molar refractivity (Wildman–Crippen MR) is 80.0 cm³/mol. The van der Waals surface area contributed by atoms with Gasteiger partial charge < -0.3 is 4.74 Å². The molecule has 0 N–H and O–H groups in total. The van der Waals surface area contributed by atoms with Crippen LogP contribution in [0.15, 0.2) is 18.2 Å². The van der Waals surface area contributed by atoms with E-state index in [1.54, 1.807) is 6.92 Å². The lowest BCUT2D eigenvalue weighted by atomic mass is 10.0. The van der Waals surface area contributed by atoms with Crippen LogP contribution in [0, 0.1) is 12.8 Å². The van der Waals surface area contributed by atoms with Gasteiger partial charge in [-0.1, -0.05) is 39.2 Å². The zero-order chi connectivity index (χ0) is 14.3. The Balaban J connectivity index is 2.70. The zero-order valence-electron chi connectivity index (χ0n) is 12.7. The van der Waals surface area contributed by atoms with E-state index in [0.29, 0.717) is 18.1 Å². The number of hydrogen-bond donors (Lipinski definition) is 0. The lowest BCUT2D eigenvalue weighted by Gasteiger charge is -2.17. The number of ketones is 1. The van der Waals surface area contributed by atoms with Crippen LogP contribution in [-0.4, -0.2) is 12.4 Å². The molecule has 0 bridgehead atoms. The van der Waals surface area contributed by atoms with Crippen LogP contribution in [0.1, 0.15) is 62.4 Å². The maximum Gasteiger partial charge on any atom is 0.163 e. The smallest absolute Gasteiger partial charge is 0.163 e. The third-order valence-electron chi connectivity index (χ3n) is 3.53. The number of ether oxygens (including phenoxy) is 1. The topological polar surface area (TPSA) is 26.3 Å². The monoisotopic (exact) mass is 262 g/mol. The molecule has 2 nitrogen and oxygen atoms in total. The summed E-state index contributed by atoms with van der Waals surface area (Å²) in [6.07, 6.45) is 4.80. The molecule has 0 saturated heterocycles. The van der Waals surface area contributed by atoms with E-state index in [2.05, 4.69) is 13.8 Å². The van der Waals surface area contributed by atoms with Gasteiger partial charge in [-0.3, -0.25) is 4.79 Å². The molecule has 1 aromatic rings. The van der Waals surface area contributed by atoms with E-state index in [1.165, 1.54) is 19.3 Å². The second-order valence-electron chi connectivity index (χ2n) is 5.28. The summed E-state index contributed by atoms with van der Waals surface area (Å²) in [4.78, 5) is 11.6. The summed E-state index contributed by atoms with van der Waals surface area (Å²) in [6.45, 7) is 8.73. The molecule has 0 heterocycles. The van der Waals surface area contributed by atoms with Gasteiger partial charge in [0.15, 0.2) is 5.78 Å². The highest BCUT2D eigenvalue weighted by Gasteiger charge is 2.11. The summed E-state index contributed by atoms with van der Waals surface area (Å²) in [7, 11) is 0. The molecule has 0 saturated carbocycles. The number of carbonyl (C=O) groups is 1. The molecule has 2 heteroatoms. The van der Waals surface area contributed by atoms with Gasteiger partial charge in [-0.2, -0.15) is 0 Å². The summed E-state index contributed by atoms with van der Waals surface area (Å²) in [5.74, 6) is 1.39. The number of aryl methyl sites for hydroxylation is 1. The van der Waals surface area contributed by atoms with Crippen molar-refractivity contribution in [3.63, 3.8) is 0 Å². The van der Waals surface area contributed by atoms with Crippen LogP contribution in [0.5, 0.6) is 5.75 Å². The Hall–Kier alpha value is -1.31. The van der Waals surface area contributed by atoms with E-state index < -0.39 is 0 Å². The lowest BCUT2D eigenvalue weighted by molar-refractivity contribution is 0.101. The standard InChI is InChI=1S/C17H26O2/c1-5-7-8-15(6-2)12-19-17-11-13(3)9-10-16(17)14(4)18/h9-11,15H,5-8,12H2,1-4H3. The number of hydrogen-bond acceptors (Lipinski definition) is 2. The van der Waals surface area contributed by atoms with Gasteiger partial charge in [0, 0.05) is 0 Å². The van der Waals surface area contributed by atoms with Gasteiger partial charge >= 0.3 is 0 Å². The Labute approximate surface area is 117 Å². The van der Waals surface area contributed by atoms with Gasteiger partial charge in [-0.25, -0.2) is 0 Å². The molecule has 0 aliphatic heterocycles. The average Bonchev–Trinajstić information content (AvgIpc) is 2.38. The maximum absolute atomic E-state index is 11.6. The fourth-order valence-electron chi connectivity index (χ4n) is 2.15. The van der Waals surface area contributed by atoms with Crippen molar-refractivity contribution < 1.29 is 9.53 Å². The highest BCUT2D eigenvalue weighted by atomic mass is 16.5. The number of carbonyl (C=O) groups excluding carboxylic acids is 1. The van der Waals surface area contributed by atoms with E-state index in [0.717, 1.165) is 17.7 Å². The fourth-order valence-corrected chi connectivity index (χ4v) is 2.15. The molecule has 0 aliphatic rings. The summed E-state index contributed by atoms with van der Waals surface area (Å²) >= 11 is 0. The molecule has 1 atom stereocenters. The van der Waals surface area contributed by atoms with E-state index in [1.807, 2.05) is 25.1 Å². The van der Waals surface area contributed by atoms with E-state index in [4.69, 9.17) is 4.74 Å². The second-order valence-corrected chi connectivity index (χ2v) is 5.28. The van der Waals surface area contributed by atoms with Crippen molar-refractivity contribution in [2.75, 3.05) is 6.61 Å². The molecule has 1 unspecified atom stereocenters. The number of unbranched alkanes of at least 4 members (excludes halogenated alkanes) is 1. The van der Waals surface area contributed by atoms with Gasteiger partial charge in [0.05, 0.1) is 12.2 Å². The van der Waals surface area contributed by atoms with Gasteiger partial charge in [-0.05, 0) is 43.9 Å². The summed E-state index contributed by atoms with van der Waals surface area (Å²) < 4.78 is 5.91. The molecule has 1 rings (SSSR count). The van der Waals surface area contributed by atoms with Crippen molar-refractivity contribution in [2.45, 2.75) is 53.4 Å². The SMILES string of the molecule is CCCCC(CC)COc1cc(C)ccc1C(C)=O. The van der Waals surface area contributed by atoms with Gasteiger partial charge in [0.1, 0.15) is 5.75 Å². The predicted octanol–water partition coefficient (Wildman–Crippen LogP) is 4.79. The lowest BCUT2D eigenvalue weighted by Crippen LogP contribution is -2.13.